The van der Waals surface area contributed by atoms with Gasteiger partial charge in [-0.25, -0.2) is 4.79 Å². The highest BCUT2D eigenvalue weighted by Crippen LogP contribution is 2.19. The minimum atomic E-state index is -0.977. The Morgan fingerprint density at radius 2 is 1.83 bits per heavy atom. The van der Waals surface area contributed by atoms with Gasteiger partial charge in [-0.05, 0) is 18.7 Å². The Labute approximate surface area is 110 Å². The quantitative estimate of drug-likeness (QED) is 0.895. The van der Waals surface area contributed by atoms with Crippen molar-refractivity contribution in [2.45, 2.75) is 6.92 Å². The zero-order chi connectivity index (χ0) is 13.1. The maximum absolute atomic E-state index is 12.2. The molecule has 1 saturated heterocycles. The summed E-state index contributed by atoms with van der Waals surface area (Å²) < 4.78 is 0. The van der Waals surface area contributed by atoms with E-state index in [-0.39, 0.29) is 10.8 Å². The standard InChI is InChI=1S/C12H16N2O3S/c1-2-13-5-7-14(8-6-13)11(15)9-3-4-10(18-9)12(16)17/h3-4H,2,5-8H2,1H3,(H,16,17). The summed E-state index contributed by atoms with van der Waals surface area (Å²) in [5.74, 6) is -1.03. The zero-order valence-electron chi connectivity index (χ0n) is 10.3. The topological polar surface area (TPSA) is 60.9 Å². The number of amides is 1. The minimum absolute atomic E-state index is 0.0525. The van der Waals surface area contributed by atoms with Crippen molar-refractivity contribution < 1.29 is 14.7 Å². The summed E-state index contributed by atoms with van der Waals surface area (Å²) in [4.78, 5) is 27.7. The van der Waals surface area contributed by atoms with Gasteiger partial charge in [-0.15, -0.1) is 11.3 Å². The Hall–Kier alpha value is -1.40. The van der Waals surface area contributed by atoms with Crippen LogP contribution >= 0.6 is 11.3 Å². The van der Waals surface area contributed by atoms with Gasteiger partial charge in [0.25, 0.3) is 5.91 Å². The number of nitrogens with zero attached hydrogens (tertiary/aromatic N) is 2. The molecule has 2 rings (SSSR count). The molecule has 1 amide bonds. The average molecular weight is 268 g/mol. The van der Waals surface area contributed by atoms with E-state index in [2.05, 4.69) is 11.8 Å². The van der Waals surface area contributed by atoms with Crippen LogP contribution in [0.2, 0.25) is 0 Å². The van der Waals surface area contributed by atoms with E-state index in [0.717, 1.165) is 31.0 Å². The third-order valence-electron chi connectivity index (χ3n) is 3.13. The summed E-state index contributed by atoms with van der Waals surface area (Å²) in [7, 11) is 0. The first kappa shape index (κ1) is 13.0. The number of aromatic carboxylic acids is 1. The molecule has 0 radical (unpaired) electrons. The molecule has 1 aliphatic heterocycles. The number of thiophene rings is 1. The molecule has 0 aliphatic carbocycles. The number of rotatable bonds is 3. The number of likely N-dealkylation sites (N-methyl/N-ethyl adjacent to an activating group) is 1. The van der Waals surface area contributed by atoms with Crippen LogP contribution in [0.1, 0.15) is 26.3 Å². The zero-order valence-corrected chi connectivity index (χ0v) is 11.1. The number of carbonyl (C=O) groups is 2. The van der Waals surface area contributed by atoms with E-state index in [1.807, 2.05) is 0 Å². The van der Waals surface area contributed by atoms with Crippen LogP contribution in [0.3, 0.4) is 0 Å². The molecule has 0 atom stereocenters. The Balaban J connectivity index is 2.01. The molecule has 98 valence electrons. The van der Waals surface area contributed by atoms with Crippen molar-refractivity contribution in [1.29, 1.82) is 0 Å². The highest BCUT2D eigenvalue weighted by Gasteiger charge is 2.23. The molecule has 0 bridgehead atoms. The SMILES string of the molecule is CCN1CCN(C(=O)c2ccc(C(=O)O)s2)CC1. The Morgan fingerprint density at radius 1 is 1.22 bits per heavy atom. The van der Waals surface area contributed by atoms with Gasteiger partial charge in [-0.1, -0.05) is 6.92 Å². The molecule has 0 aromatic carbocycles. The van der Waals surface area contributed by atoms with Gasteiger partial charge in [0.15, 0.2) is 0 Å². The molecular weight excluding hydrogens is 252 g/mol. The van der Waals surface area contributed by atoms with Crippen molar-refractivity contribution in [3.63, 3.8) is 0 Å². The number of carboxylic acid groups (broad SMARTS) is 1. The molecule has 0 spiro atoms. The van der Waals surface area contributed by atoms with Crippen molar-refractivity contribution in [2.24, 2.45) is 0 Å². The fraction of sp³-hybridized carbons (Fsp3) is 0.500. The minimum Gasteiger partial charge on any atom is -0.477 e. The van der Waals surface area contributed by atoms with Crippen molar-refractivity contribution in [1.82, 2.24) is 9.80 Å². The molecular formula is C12H16N2O3S. The number of carboxylic acids is 1. The maximum Gasteiger partial charge on any atom is 0.345 e. The van der Waals surface area contributed by atoms with Crippen LogP contribution < -0.4 is 0 Å². The van der Waals surface area contributed by atoms with E-state index in [4.69, 9.17) is 5.11 Å². The van der Waals surface area contributed by atoms with E-state index in [0.29, 0.717) is 18.0 Å². The van der Waals surface area contributed by atoms with Gasteiger partial charge in [-0.3, -0.25) is 4.79 Å². The molecule has 1 N–H and O–H groups in total. The lowest BCUT2D eigenvalue weighted by Crippen LogP contribution is -2.48. The maximum atomic E-state index is 12.2. The Morgan fingerprint density at radius 3 is 2.33 bits per heavy atom. The number of hydrogen-bond donors (Lipinski definition) is 1. The lowest BCUT2D eigenvalue weighted by atomic mass is 10.3. The Bertz CT molecular complexity index is 450. The fourth-order valence-corrected chi connectivity index (χ4v) is 2.80. The molecule has 6 heteroatoms. The van der Waals surface area contributed by atoms with Gasteiger partial charge in [0, 0.05) is 26.2 Å². The summed E-state index contributed by atoms with van der Waals surface area (Å²) in [6, 6.07) is 3.09. The average Bonchev–Trinajstić information content (AvgIpc) is 2.88. The van der Waals surface area contributed by atoms with E-state index in [1.54, 1.807) is 11.0 Å². The first-order valence-electron chi connectivity index (χ1n) is 5.96. The first-order valence-corrected chi connectivity index (χ1v) is 6.78. The van der Waals surface area contributed by atoms with Crippen molar-refractivity contribution >= 4 is 23.2 Å². The van der Waals surface area contributed by atoms with Crippen molar-refractivity contribution in [3.05, 3.63) is 21.9 Å². The lowest BCUT2D eigenvalue weighted by molar-refractivity contribution is 0.0647. The van der Waals surface area contributed by atoms with Crippen molar-refractivity contribution in [2.75, 3.05) is 32.7 Å². The highest BCUT2D eigenvalue weighted by atomic mass is 32.1. The summed E-state index contributed by atoms with van der Waals surface area (Å²) in [5.41, 5.74) is 0. The summed E-state index contributed by atoms with van der Waals surface area (Å²) in [6.07, 6.45) is 0. The second-order valence-corrected chi connectivity index (χ2v) is 5.28. The summed E-state index contributed by atoms with van der Waals surface area (Å²) in [6.45, 7) is 6.32. The van der Waals surface area contributed by atoms with Crippen LogP contribution in [0.25, 0.3) is 0 Å². The fourth-order valence-electron chi connectivity index (χ4n) is 1.99. The van der Waals surface area contributed by atoms with E-state index in [1.165, 1.54) is 6.07 Å². The molecule has 1 fully saturated rings. The second-order valence-electron chi connectivity index (χ2n) is 4.20. The molecule has 1 aromatic rings. The predicted molar refractivity (Wildman–Crippen MR) is 69.3 cm³/mol. The predicted octanol–water partition coefficient (Wildman–Crippen LogP) is 1.22. The smallest absolute Gasteiger partial charge is 0.345 e. The van der Waals surface area contributed by atoms with E-state index in [9.17, 15) is 9.59 Å². The lowest BCUT2D eigenvalue weighted by Gasteiger charge is -2.33. The van der Waals surface area contributed by atoms with Crippen molar-refractivity contribution in [3.8, 4) is 0 Å². The van der Waals surface area contributed by atoms with Gasteiger partial charge in [0.05, 0.1) is 4.88 Å². The van der Waals surface area contributed by atoms with Gasteiger partial charge in [0.2, 0.25) is 0 Å². The molecule has 0 saturated carbocycles. The Kier molecular flexibility index (Phi) is 3.98. The molecule has 18 heavy (non-hydrogen) atoms. The highest BCUT2D eigenvalue weighted by molar-refractivity contribution is 7.15. The van der Waals surface area contributed by atoms with Crippen LogP contribution in [-0.4, -0.2) is 59.5 Å². The molecule has 0 unspecified atom stereocenters. The van der Waals surface area contributed by atoms with Crippen LogP contribution in [0.5, 0.6) is 0 Å². The number of piperazine rings is 1. The molecule has 2 heterocycles. The van der Waals surface area contributed by atoms with Crippen LogP contribution in [-0.2, 0) is 0 Å². The van der Waals surface area contributed by atoms with Gasteiger partial charge < -0.3 is 14.9 Å². The molecule has 1 aliphatic rings. The van der Waals surface area contributed by atoms with Crippen LogP contribution in [0.15, 0.2) is 12.1 Å². The summed E-state index contributed by atoms with van der Waals surface area (Å²) in [5, 5.41) is 8.84. The normalized spacial score (nSPS) is 16.8. The molecule has 1 aromatic heterocycles. The monoisotopic (exact) mass is 268 g/mol. The largest absolute Gasteiger partial charge is 0.477 e. The van der Waals surface area contributed by atoms with Gasteiger partial charge in [-0.2, -0.15) is 0 Å². The van der Waals surface area contributed by atoms with E-state index >= 15 is 0 Å². The number of hydrogen-bond acceptors (Lipinski definition) is 4. The first-order chi connectivity index (χ1) is 8.61. The van der Waals surface area contributed by atoms with Crippen LogP contribution in [0.4, 0.5) is 0 Å². The van der Waals surface area contributed by atoms with Gasteiger partial charge >= 0.3 is 5.97 Å². The third kappa shape index (κ3) is 2.70. The third-order valence-corrected chi connectivity index (χ3v) is 4.20. The van der Waals surface area contributed by atoms with Crippen LogP contribution in [0, 0.1) is 0 Å². The molecule has 5 nitrogen and oxygen atoms in total. The van der Waals surface area contributed by atoms with Gasteiger partial charge in [0.1, 0.15) is 4.88 Å². The summed E-state index contributed by atoms with van der Waals surface area (Å²) >= 11 is 1.04. The van der Waals surface area contributed by atoms with E-state index < -0.39 is 5.97 Å². The second kappa shape index (κ2) is 5.49. The number of carbonyl (C=O) groups excluding carboxylic acids is 1.